The van der Waals surface area contributed by atoms with E-state index in [0.29, 0.717) is 0 Å². The van der Waals surface area contributed by atoms with Gasteiger partial charge in [-0.25, -0.2) is 0 Å². The van der Waals surface area contributed by atoms with E-state index in [2.05, 4.69) is 27.7 Å². The summed E-state index contributed by atoms with van der Waals surface area (Å²) in [5.41, 5.74) is 0. The van der Waals surface area contributed by atoms with E-state index in [0.717, 1.165) is 23.8 Å². The van der Waals surface area contributed by atoms with Crippen LogP contribution in [0.2, 0.25) is 0 Å². The first-order valence-corrected chi connectivity index (χ1v) is 7.00. The second-order valence-corrected chi connectivity index (χ2v) is 5.99. The van der Waals surface area contributed by atoms with Gasteiger partial charge in [-0.2, -0.15) is 0 Å². The lowest BCUT2D eigenvalue weighted by molar-refractivity contribution is -0.950. The number of rotatable bonds is 2. The summed E-state index contributed by atoms with van der Waals surface area (Å²) in [5, 5.41) is 0. The third kappa shape index (κ3) is 1.63. The molecule has 2 saturated heterocycles. The molecule has 0 spiro atoms. The van der Waals surface area contributed by atoms with Crippen molar-refractivity contribution < 1.29 is 4.48 Å². The molecule has 1 heteroatoms. The Balaban J connectivity index is 2.29. The maximum absolute atomic E-state index is 2.52. The molecule has 88 valence electrons. The molecule has 3 aliphatic rings. The quantitative estimate of drug-likeness (QED) is 0.614. The SMILES string of the molecule is CC[N+]1(CC)CC[C@@H]2CC[C@H]1[C@H](C)[C@H]2C. The van der Waals surface area contributed by atoms with Gasteiger partial charge >= 0.3 is 0 Å². The van der Waals surface area contributed by atoms with Gasteiger partial charge in [0.2, 0.25) is 0 Å². The fourth-order valence-electron chi connectivity index (χ4n) is 4.47. The number of quaternary nitrogens is 1. The molecule has 0 N–H and O–H groups in total. The number of hydrogen-bond acceptors (Lipinski definition) is 0. The van der Waals surface area contributed by atoms with E-state index in [4.69, 9.17) is 0 Å². The van der Waals surface area contributed by atoms with Crippen molar-refractivity contribution in [2.75, 3.05) is 19.6 Å². The van der Waals surface area contributed by atoms with Gasteiger partial charge in [0.25, 0.3) is 0 Å². The van der Waals surface area contributed by atoms with Crippen LogP contribution in [0.5, 0.6) is 0 Å². The molecule has 2 bridgehead atoms. The largest absolute Gasteiger partial charge is 0.321 e. The number of fused-ring (bicyclic) bond motifs is 4. The number of nitrogens with zero attached hydrogens (tertiary/aromatic N) is 1. The highest BCUT2D eigenvalue weighted by atomic mass is 15.4. The minimum atomic E-state index is 0.950. The molecule has 1 saturated carbocycles. The minimum Gasteiger partial charge on any atom is -0.321 e. The Kier molecular flexibility index (Phi) is 3.12. The summed E-state index contributed by atoms with van der Waals surface area (Å²) in [6.07, 6.45) is 4.50. The second-order valence-electron chi connectivity index (χ2n) is 5.99. The van der Waals surface area contributed by atoms with Crippen LogP contribution < -0.4 is 0 Å². The van der Waals surface area contributed by atoms with Gasteiger partial charge in [0.1, 0.15) is 0 Å². The standard InChI is InChI=1S/C14H28N/c1-5-15(6-2)10-9-13-7-8-14(15)12(4)11(13)3/h11-14H,5-10H2,1-4H3/q+1/t11-,12-,13+,14+/m1/s1. The van der Waals surface area contributed by atoms with Gasteiger partial charge in [0.05, 0.1) is 25.7 Å². The van der Waals surface area contributed by atoms with E-state index < -0.39 is 0 Å². The summed E-state index contributed by atoms with van der Waals surface area (Å²) >= 11 is 0. The average Bonchev–Trinajstić information content (AvgIpc) is 2.50. The first kappa shape index (κ1) is 11.4. The van der Waals surface area contributed by atoms with Crippen LogP contribution in [0.4, 0.5) is 0 Å². The van der Waals surface area contributed by atoms with Crippen molar-refractivity contribution in [1.29, 1.82) is 0 Å². The van der Waals surface area contributed by atoms with Gasteiger partial charge in [-0.3, -0.25) is 0 Å². The molecule has 0 aromatic carbocycles. The van der Waals surface area contributed by atoms with E-state index >= 15 is 0 Å². The van der Waals surface area contributed by atoms with Gasteiger partial charge in [0, 0.05) is 5.92 Å². The zero-order valence-corrected chi connectivity index (χ0v) is 11.0. The Morgan fingerprint density at radius 1 is 0.933 bits per heavy atom. The Labute approximate surface area is 95.4 Å². The highest BCUT2D eigenvalue weighted by molar-refractivity contribution is 4.87. The smallest absolute Gasteiger partial charge is 0.0918 e. The van der Waals surface area contributed by atoms with Crippen molar-refractivity contribution in [2.24, 2.45) is 17.8 Å². The van der Waals surface area contributed by atoms with Gasteiger partial charge in [-0.1, -0.05) is 13.8 Å². The molecule has 0 aromatic heterocycles. The normalized spacial score (nSPS) is 44.0. The maximum atomic E-state index is 2.52. The lowest BCUT2D eigenvalue weighted by Crippen LogP contribution is -2.57. The van der Waals surface area contributed by atoms with Crippen LogP contribution in [0.3, 0.4) is 0 Å². The van der Waals surface area contributed by atoms with Crippen molar-refractivity contribution >= 4 is 0 Å². The summed E-state index contributed by atoms with van der Waals surface area (Å²) in [7, 11) is 0. The topological polar surface area (TPSA) is 0 Å². The van der Waals surface area contributed by atoms with Crippen molar-refractivity contribution in [3.8, 4) is 0 Å². The predicted octanol–water partition coefficient (Wildman–Crippen LogP) is 3.30. The molecule has 4 atom stereocenters. The molecular weight excluding hydrogens is 182 g/mol. The van der Waals surface area contributed by atoms with Crippen molar-refractivity contribution in [2.45, 2.75) is 53.0 Å². The first-order valence-electron chi connectivity index (χ1n) is 7.00. The van der Waals surface area contributed by atoms with Crippen LogP contribution in [0.25, 0.3) is 0 Å². The van der Waals surface area contributed by atoms with Crippen molar-refractivity contribution in [3.05, 3.63) is 0 Å². The molecule has 2 heterocycles. The van der Waals surface area contributed by atoms with Gasteiger partial charge in [-0.15, -0.1) is 0 Å². The maximum Gasteiger partial charge on any atom is 0.0918 e. The van der Waals surface area contributed by atoms with E-state index in [1.54, 1.807) is 0 Å². The van der Waals surface area contributed by atoms with E-state index in [1.165, 1.54) is 43.4 Å². The molecule has 1 nitrogen and oxygen atoms in total. The third-order valence-corrected chi connectivity index (χ3v) is 5.92. The van der Waals surface area contributed by atoms with Crippen LogP contribution in [0, 0.1) is 17.8 Å². The fourth-order valence-corrected chi connectivity index (χ4v) is 4.47. The minimum absolute atomic E-state index is 0.950. The summed E-state index contributed by atoms with van der Waals surface area (Å²) in [5.74, 6) is 2.96. The first-order chi connectivity index (χ1) is 7.14. The Morgan fingerprint density at radius 2 is 1.60 bits per heavy atom. The Morgan fingerprint density at radius 3 is 2.20 bits per heavy atom. The highest BCUT2D eigenvalue weighted by Gasteiger charge is 2.48. The lowest BCUT2D eigenvalue weighted by Gasteiger charge is -2.47. The van der Waals surface area contributed by atoms with Crippen LogP contribution in [0.15, 0.2) is 0 Å². The van der Waals surface area contributed by atoms with Crippen LogP contribution in [-0.4, -0.2) is 30.2 Å². The van der Waals surface area contributed by atoms with Crippen molar-refractivity contribution in [1.82, 2.24) is 0 Å². The summed E-state index contributed by atoms with van der Waals surface area (Å²) < 4.78 is 1.42. The molecule has 0 unspecified atom stereocenters. The molecular formula is C14H28N+. The predicted molar refractivity (Wildman–Crippen MR) is 65.7 cm³/mol. The van der Waals surface area contributed by atoms with Crippen molar-refractivity contribution in [3.63, 3.8) is 0 Å². The summed E-state index contributed by atoms with van der Waals surface area (Å²) in [6, 6.07) is 0.966. The van der Waals surface area contributed by atoms with Crippen LogP contribution in [-0.2, 0) is 0 Å². The van der Waals surface area contributed by atoms with Gasteiger partial charge in [-0.05, 0) is 44.9 Å². The summed E-state index contributed by atoms with van der Waals surface area (Å²) in [6.45, 7) is 14.0. The average molecular weight is 210 g/mol. The molecule has 0 aromatic rings. The Bertz CT molecular complexity index is 219. The molecule has 1 aliphatic carbocycles. The van der Waals surface area contributed by atoms with E-state index in [-0.39, 0.29) is 0 Å². The Hall–Kier alpha value is -0.0400. The molecule has 2 aliphatic heterocycles. The number of hydrogen-bond donors (Lipinski definition) is 0. The van der Waals surface area contributed by atoms with E-state index in [9.17, 15) is 0 Å². The lowest BCUT2D eigenvalue weighted by atomic mass is 9.71. The molecule has 15 heavy (non-hydrogen) atoms. The van der Waals surface area contributed by atoms with Crippen LogP contribution in [0.1, 0.15) is 47.0 Å². The van der Waals surface area contributed by atoms with Gasteiger partial charge in [0.15, 0.2) is 0 Å². The molecule has 0 radical (unpaired) electrons. The monoisotopic (exact) mass is 210 g/mol. The molecule has 3 fully saturated rings. The molecule has 3 rings (SSSR count). The molecule has 0 amide bonds. The van der Waals surface area contributed by atoms with Gasteiger partial charge < -0.3 is 4.48 Å². The third-order valence-electron chi connectivity index (χ3n) is 5.92. The zero-order valence-electron chi connectivity index (χ0n) is 11.0. The zero-order chi connectivity index (χ0) is 11.1. The highest BCUT2D eigenvalue weighted by Crippen LogP contribution is 2.45. The van der Waals surface area contributed by atoms with Crippen LogP contribution >= 0.6 is 0 Å². The summed E-state index contributed by atoms with van der Waals surface area (Å²) in [4.78, 5) is 0. The fraction of sp³-hybridized carbons (Fsp3) is 1.00. The second kappa shape index (κ2) is 4.08. The van der Waals surface area contributed by atoms with E-state index in [1.807, 2.05) is 0 Å².